The number of hydrogen-bond acceptors (Lipinski definition) is 4. The van der Waals surface area contributed by atoms with Crippen LogP contribution in [0.3, 0.4) is 0 Å². The second-order valence-corrected chi connectivity index (χ2v) is 5.01. The molecule has 1 aliphatic rings. The number of rotatable bonds is 6. The molecule has 0 saturated heterocycles. The third-order valence-corrected chi connectivity index (χ3v) is 3.69. The van der Waals surface area contributed by atoms with Crippen LogP contribution in [0.4, 0.5) is 4.79 Å². The van der Waals surface area contributed by atoms with Crippen molar-refractivity contribution in [3.05, 3.63) is 0 Å². The molecule has 0 aromatic rings. The molecule has 1 fully saturated rings. The molecule has 0 spiro atoms. The van der Waals surface area contributed by atoms with Crippen molar-refractivity contribution in [2.75, 3.05) is 19.7 Å². The topological polar surface area (TPSA) is 38.8 Å². The van der Waals surface area contributed by atoms with Gasteiger partial charge in [0.15, 0.2) is 0 Å². The van der Waals surface area contributed by atoms with Crippen molar-refractivity contribution in [2.45, 2.75) is 65.0 Å². The van der Waals surface area contributed by atoms with E-state index in [-0.39, 0.29) is 12.1 Å². The minimum Gasteiger partial charge on any atom is -0.433 e. The molecule has 0 amide bonds. The maximum Gasteiger partial charge on any atom is 0.508 e. The SMILES string of the molecule is CCN(CC)C(C)COC(=O)OC1CCCCC1. The van der Waals surface area contributed by atoms with E-state index >= 15 is 0 Å². The Bertz CT molecular complexity index is 235. The van der Waals surface area contributed by atoms with E-state index in [9.17, 15) is 4.79 Å². The first-order chi connectivity index (χ1) is 8.67. The normalized spacial score (nSPS) is 18.7. The van der Waals surface area contributed by atoms with Crippen molar-refractivity contribution in [1.82, 2.24) is 4.90 Å². The van der Waals surface area contributed by atoms with E-state index < -0.39 is 6.16 Å². The lowest BCUT2D eigenvalue weighted by Crippen LogP contribution is -2.37. The van der Waals surface area contributed by atoms with Crippen LogP contribution in [0.25, 0.3) is 0 Å². The van der Waals surface area contributed by atoms with Crippen molar-refractivity contribution in [3.8, 4) is 0 Å². The quantitative estimate of drug-likeness (QED) is 0.685. The molecule has 1 rings (SSSR count). The fraction of sp³-hybridized carbons (Fsp3) is 0.929. The summed E-state index contributed by atoms with van der Waals surface area (Å²) in [5.74, 6) is 0. The highest BCUT2D eigenvalue weighted by Gasteiger charge is 2.19. The van der Waals surface area contributed by atoms with Gasteiger partial charge in [-0.3, -0.25) is 4.90 Å². The molecule has 0 aromatic carbocycles. The Morgan fingerprint density at radius 3 is 2.39 bits per heavy atom. The Hall–Kier alpha value is -0.770. The average Bonchev–Trinajstić information content (AvgIpc) is 2.39. The summed E-state index contributed by atoms with van der Waals surface area (Å²) in [5, 5.41) is 0. The highest BCUT2D eigenvalue weighted by Crippen LogP contribution is 2.20. The van der Waals surface area contributed by atoms with Crippen molar-refractivity contribution >= 4 is 6.16 Å². The van der Waals surface area contributed by atoms with E-state index in [2.05, 4.69) is 25.7 Å². The third-order valence-electron chi connectivity index (χ3n) is 3.69. The fourth-order valence-corrected chi connectivity index (χ4v) is 2.49. The van der Waals surface area contributed by atoms with Gasteiger partial charge >= 0.3 is 6.16 Å². The number of hydrogen-bond donors (Lipinski definition) is 0. The van der Waals surface area contributed by atoms with Gasteiger partial charge in [0.25, 0.3) is 0 Å². The summed E-state index contributed by atoms with van der Waals surface area (Å²) in [6.45, 7) is 8.65. The molecule has 0 radical (unpaired) electrons. The lowest BCUT2D eigenvalue weighted by Gasteiger charge is -2.26. The molecule has 4 nitrogen and oxygen atoms in total. The summed E-state index contributed by atoms with van der Waals surface area (Å²) < 4.78 is 10.5. The fourth-order valence-electron chi connectivity index (χ4n) is 2.49. The molecule has 0 aliphatic heterocycles. The number of carbonyl (C=O) groups excluding carboxylic acids is 1. The first-order valence-corrected chi connectivity index (χ1v) is 7.24. The zero-order chi connectivity index (χ0) is 13.4. The van der Waals surface area contributed by atoms with Crippen LogP contribution in [0.15, 0.2) is 0 Å². The summed E-state index contributed by atoms with van der Waals surface area (Å²) >= 11 is 0. The van der Waals surface area contributed by atoms with E-state index in [4.69, 9.17) is 9.47 Å². The standard InChI is InChI=1S/C14H27NO3/c1-4-15(5-2)12(3)11-17-14(16)18-13-9-7-6-8-10-13/h12-13H,4-11H2,1-3H3. The molecule has 0 bridgehead atoms. The lowest BCUT2D eigenvalue weighted by molar-refractivity contribution is -0.00000609. The van der Waals surface area contributed by atoms with Crippen LogP contribution in [0.2, 0.25) is 0 Å². The third kappa shape index (κ3) is 5.25. The molecule has 106 valence electrons. The molecule has 0 heterocycles. The van der Waals surface area contributed by atoms with Crippen LogP contribution in [0.5, 0.6) is 0 Å². The first-order valence-electron chi connectivity index (χ1n) is 7.24. The summed E-state index contributed by atoms with van der Waals surface area (Å²) in [7, 11) is 0. The Morgan fingerprint density at radius 1 is 1.22 bits per heavy atom. The maximum atomic E-state index is 11.6. The van der Waals surface area contributed by atoms with E-state index in [1.54, 1.807) is 0 Å². The van der Waals surface area contributed by atoms with E-state index in [1.807, 2.05) is 0 Å². The van der Waals surface area contributed by atoms with Gasteiger partial charge in [-0.15, -0.1) is 0 Å². The van der Waals surface area contributed by atoms with Crippen molar-refractivity contribution < 1.29 is 14.3 Å². The van der Waals surface area contributed by atoms with Gasteiger partial charge in [-0.1, -0.05) is 20.3 Å². The molecule has 18 heavy (non-hydrogen) atoms. The number of carbonyl (C=O) groups is 1. The summed E-state index contributed by atoms with van der Waals surface area (Å²) in [5.41, 5.74) is 0. The van der Waals surface area contributed by atoms with Crippen LogP contribution in [0, 0.1) is 0 Å². The highest BCUT2D eigenvalue weighted by atomic mass is 16.7. The Kier molecular flexibility index (Phi) is 7.09. The zero-order valence-electron chi connectivity index (χ0n) is 12.0. The molecule has 4 heteroatoms. The maximum absolute atomic E-state index is 11.6. The smallest absolute Gasteiger partial charge is 0.433 e. The van der Waals surface area contributed by atoms with Crippen LogP contribution >= 0.6 is 0 Å². The monoisotopic (exact) mass is 257 g/mol. The van der Waals surface area contributed by atoms with E-state index in [0.717, 1.165) is 38.8 Å². The Morgan fingerprint density at radius 2 is 1.83 bits per heavy atom. The number of nitrogens with zero attached hydrogens (tertiary/aromatic N) is 1. The van der Waals surface area contributed by atoms with E-state index in [0.29, 0.717) is 6.61 Å². The molecule has 1 aliphatic carbocycles. The number of ether oxygens (including phenoxy) is 2. The van der Waals surface area contributed by atoms with Gasteiger partial charge in [0.2, 0.25) is 0 Å². The predicted octanol–water partition coefficient (Wildman–Crippen LogP) is 3.20. The van der Waals surface area contributed by atoms with Gasteiger partial charge in [0, 0.05) is 6.04 Å². The minimum absolute atomic E-state index is 0.0787. The molecule has 1 saturated carbocycles. The number of likely N-dealkylation sites (N-methyl/N-ethyl adjacent to an activating group) is 1. The van der Waals surface area contributed by atoms with Gasteiger partial charge in [-0.05, 0) is 45.7 Å². The largest absolute Gasteiger partial charge is 0.508 e. The Labute approximate surface area is 111 Å². The lowest BCUT2D eigenvalue weighted by atomic mass is 9.98. The molecule has 1 unspecified atom stereocenters. The molecular weight excluding hydrogens is 230 g/mol. The van der Waals surface area contributed by atoms with Gasteiger partial charge in [-0.2, -0.15) is 0 Å². The molecule has 0 N–H and O–H groups in total. The Balaban J connectivity index is 2.19. The van der Waals surface area contributed by atoms with Gasteiger partial charge in [0.05, 0.1) is 0 Å². The van der Waals surface area contributed by atoms with Gasteiger partial charge in [-0.25, -0.2) is 4.79 Å². The van der Waals surface area contributed by atoms with Crippen molar-refractivity contribution in [3.63, 3.8) is 0 Å². The first kappa shape index (κ1) is 15.3. The molecular formula is C14H27NO3. The minimum atomic E-state index is -0.499. The second-order valence-electron chi connectivity index (χ2n) is 5.01. The van der Waals surface area contributed by atoms with Crippen molar-refractivity contribution in [1.29, 1.82) is 0 Å². The van der Waals surface area contributed by atoms with E-state index in [1.165, 1.54) is 6.42 Å². The summed E-state index contributed by atoms with van der Waals surface area (Å²) in [6, 6.07) is 0.249. The highest BCUT2D eigenvalue weighted by molar-refractivity contribution is 5.60. The van der Waals surface area contributed by atoms with Crippen LogP contribution < -0.4 is 0 Å². The predicted molar refractivity (Wildman–Crippen MR) is 71.7 cm³/mol. The van der Waals surface area contributed by atoms with Crippen LogP contribution in [0.1, 0.15) is 52.9 Å². The van der Waals surface area contributed by atoms with Crippen LogP contribution in [-0.4, -0.2) is 42.9 Å². The van der Waals surface area contributed by atoms with Gasteiger partial charge < -0.3 is 9.47 Å². The van der Waals surface area contributed by atoms with Crippen LogP contribution in [-0.2, 0) is 9.47 Å². The zero-order valence-corrected chi connectivity index (χ0v) is 12.0. The van der Waals surface area contributed by atoms with Crippen molar-refractivity contribution in [2.24, 2.45) is 0 Å². The summed E-state index contributed by atoms with van der Waals surface area (Å²) in [6.07, 6.45) is 5.13. The average molecular weight is 257 g/mol. The summed E-state index contributed by atoms with van der Waals surface area (Å²) in [4.78, 5) is 13.8. The second kappa shape index (κ2) is 8.35. The molecule has 1 atom stereocenters. The molecule has 0 aromatic heterocycles. The van der Waals surface area contributed by atoms with Gasteiger partial charge in [0.1, 0.15) is 12.7 Å².